The molecule has 0 saturated carbocycles. The first-order valence-electron chi connectivity index (χ1n) is 10.3. The molecule has 7 nitrogen and oxygen atoms in total. The fraction of sp³-hybridized carbons (Fsp3) is 0.375. The zero-order valence-corrected chi connectivity index (χ0v) is 19.0. The quantitative estimate of drug-likeness (QED) is 0.469. The van der Waals surface area contributed by atoms with E-state index in [1.165, 1.54) is 18.1 Å². The zero-order chi connectivity index (χ0) is 24.3. The van der Waals surface area contributed by atoms with Gasteiger partial charge in [0.1, 0.15) is 23.8 Å². The van der Waals surface area contributed by atoms with Crippen molar-refractivity contribution in [2.75, 3.05) is 13.7 Å². The fourth-order valence-corrected chi connectivity index (χ4v) is 3.57. The van der Waals surface area contributed by atoms with Crippen LogP contribution in [0.15, 0.2) is 35.3 Å². The summed E-state index contributed by atoms with van der Waals surface area (Å²) in [5.41, 5.74) is 0.273. The summed E-state index contributed by atoms with van der Waals surface area (Å²) in [5, 5.41) is 0. The summed E-state index contributed by atoms with van der Waals surface area (Å²) in [7, 11) is 1.25. The van der Waals surface area contributed by atoms with Gasteiger partial charge < -0.3 is 14.2 Å². The Bertz CT molecular complexity index is 1080. The zero-order valence-electron chi connectivity index (χ0n) is 19.0. The minimum absolute atomic E-state index is 0.0661. The second-order valence-corrected chi connectivity index (χ2v) is 8.52. The van der Waals surface area contributed by atoms with E-state index in [-0.39, 0.29) is 24.4 Å². The molecule has 0 N–H and O–H groups in total. The summed E-state index contributed by atoms with van der Waals surface area (Å²) in [5.74, 6) is -1.83. The van der Waals surface area contributed by atoms with Gasteiger partial charge in [0, 0.05) is 6.54 Å². The number of fused-ring (bicyclic) bond motifs is 1. The summed E-state index contributed by atoms with van der Waals surface area (Å²) < 4.78 is 44.4. The molecule has 1 aliphatic heterocycles. The van der Waals surface area contributed by atoms with Crippen LogP contribution in [0.5, 0.6) is 5.75 Å². The molecule has 0 radical (unpaired) electrons. The second kappa shape index (κ2) is 9.56. The molecule has 1 atom stereocenters. The largest absolute Gasteiger partial charge is 0.489 e. The van der Waals surface area contributed by atoms with Gasteiger partial charge in [-0.3, -0.25) is 9.89 Å². The van der Waals surface area contributed by atoms with Gasteiger partial charge in [0.25, 0.3) is 0 Å². The molecule has 1 heterocycles. The normalized spacial score (nSPS) is 15.5. The van der Waals surface area contributed by atoms with Gasteiger partial charge in [-0.2, -0.15) is 0 Å². The molecule has 0 aliphatic carbocycles. The van der Waals surface area contributed by atoms with Gasteiger partial charge >= 0.3 is 12.1 Å². The van der Waals surface area contributed by atoms with Crippen molar-refractivity contribution in [1.82, 2.24) is 4.90 Å². The lowest BCUT2D eigenvalue weighted by molar-refractivity contribution is -0.147. The number of carbonyl (C=O) groups excluding carboxylic acids is 2. The first kappa shape index (κ1) is 24.2. The van der Waals surface area contributed by atoms with Crippen LogP contribution >= 0.6 is 0 Å². The first-order valence-corrected chi connectivity index (χ1v) is 10.3. The molecule has 0 fully saturated rings. The highest BCUT2D eigenvalue weighted by Gasteiger charge is 2.39. The Balaban J connectivity index is 1.85. The molecule has 0 aromatic heterocycles. The van der Waals surface area contributed by atoms with Crippen molar-refractivity contribution >= 4 is 24.5 Å². The van der Waals surface area contributed by atoms with Gasteiger partial charge in [-0.05, 0) is 69.3 Å². The average molecular weight is 460 g/mol. The van der Waals surface area contributed by atoms with E-state index >= 15 is 0 Å². The third-order valence-corrected chi connectivity index (χ3v) is 5.11. The second-order valence-electron chi connectivity index (χ2n) is 8.52. The Morgan fingerprint density at radius 2 is 1.94 bits per heavy atom. The molecule has 2 aromatic rings. The van der Waals surface area contributed by atoms with Crippen LogP contribution in [-0.4, -0.2) is 42.9 Å². The Hall–Kier alpha value is -3.49. The highest BCUT2D eigenvalue weighted by Crippen LogP contribution is 2.34. The number of hydrogen-bond donors (Lipinski definition) is 0. The van der Waals surface area contributed by atoms with Crippen LogP contribution in [0, 0.1) is 11.6 Å². The molecule has 33 heavy (non-hydrogen) atoms. The third-order valence-electron chi connectivity index (χ3n) is 5.11. The number of nitrogens with zero attached hydrogens (tertiary/aromatic N) is 2. The molecule has 9 heteroatoms. The predicted molar refractivity (Wildman–Crippen MR) is 118 cm³/mol. The van der Waals surface area contributed by atoms with Crippen molar-refractivity contribution in [1.29, 1.82) is 0 Å². The summed E-state index contributed by atoms with van der Waals surface area (Å²) in [4.78, 5) is 30.1. The number of rotatable bonds is 5. The van der Waals surface area contributed by atoms with E-state index in [0.717, 1.165) is 11.6 Å². The maximum Gasteiger partial charge on any atom is 0.411 e. The molecule has 176 valence electrons. The molecule has 0 saturated heterocycles. The minimum atomic E-state index is -0.979. The average Bonchev–Trinajstić information content (AvgIpc) is 2.76. The van der Waals surface area contributed by atoms with Crippen molar-refractivity contribution < 1.29 is 32.6 Å². The number of aliphatic imine (C=N–C) groups is 1. The molecule has 1 amide bonds. The first-order chi connectivity index (χ1) is 15.6. The molecule has 0 unspecified atom stereocenters. The maximum absolute atomic E-state index is 14.4. The number of hydrogen-bond acceptors (Lipinski definition) is 6. The van der Waals surface area contributed by atoms with Gasteiger partial charge in [0.05, 0.1) is 18.4 Å². The lowest BCUT2D eigenvalue weighted by atomic mass is 9.92. The van der Waals surface area contributed by atoms with Gasteiger partial charge in [-0.1, -0.05) is 6.07 Å². The van der Waals surface area contributed by atoms with Crippen molar-refractivity contribution in [2.45, 2.75) is 45.4 Å². The van der Waals surface area contributed by atoms with E-state index in [4.69, 9.17) is 14.2 Å². The van der Waals surface area contributed by atoms with Crippen LogP contribution in [0.3, 0.4) is 0 Å². The van der Waals surface area contributed by atoms with Crippen LogP contribution < -0.4 is 4.74 Å². The van der Waals surface area contributed by atoms with E-state index in [2.05, 4.69) is 11.7 Å². The minimum Gasteiger partial charge on any atom is -0.489 e. The van der Waals surface area contributed by atoms with E-state index in [1.54, 1.807) is 39.0 Å². The molecule has 1 aliphatic rings. The van der Waals surface area contributed by atoms with Gasteiger partial charge in [0.15, 0.2) is 11.9 Å². The monoisotopic (exact) mass is 460 g/mol. The van der Waals surface area contributed by atoms with Crippen molar-refractivity contribution in [2.24, 2.45) is 4.99 Å². The number of halogens is 2. The summed E-state index contributed by atoms with van der Waals surface area (Å²) in [6.45, 7) is 8.36. The predicted octanol–water partition coefficient (Wildman–Crippen LogP) is 4.88. The third kappa shape index (κ3) is 5.30. The standard InChI is InChI=1S/C24H26F2N2O5/c1-24(2,3)33-23(30)28-11-10-14-12-15(6-7-16(14)21(28)22(29)31-5)32-13-17-18(25)8-9-19(27-4)20(17)26/h6-9,12,21H,4,10-11,13H2,1-3,5H3/t21-/m1/s1. The summed E-state index contributed by atoms with van der Waals surface area (Å²) in [6.07, 6.45) is -0.191. The summed E-state index contributed by atoms with van der Waals surface area (Å²) >= 11 is 0. The highest BCUT2D eigenvalue weighted by atomic mass is 19.1. The maximum atomic E-state index is 14.4. The van der Waals surface area contributed by atoms with Crippen LogP contribution in [0.4, 0.5) is 19.3 Å². The lowest BCUT2D eigenvalue weighted by Crippen LogP contribution is -2.46. The fourth-order valence-electron chi connectivity index (χ4n) is 3.57. The lowest BCUT2D eigenvalue weighted by Gasteiger charge is -2.36. The Morgan fingerprint density at radius 3 is 2.58 bits per heavy atom. The van der Waals surface area contributed by atoms with Crippen LogP contribution in [0.1, 0.15) is 43.5 Å². The van der Waals surface area contributed by atoms with Crippen LogP contribution in [-0.2, 0) is 27.3 Å². The molecule has 0 bridgehead atoms. The van der Waals surface area contributed by atoms with E-state index in [9.17, 15) is 18.4 Å². The topological polar surface area (TPSA) is 77.4 Å². The summed E-state index contributed by atoms with van der Waals surface area (Å²) in [6, 6.07) is 6.21. The molecular formula is C24H26F2N2O5. The number of esters is 1. The number of benzene rings is 2. The van der Waals surface area contributed by atoms with Crippen molar-refractivity contribution in [3.05, 3.63) is 58.7 Å². The highest BCUT2D eigenvalue weighted by molar-refractivity contribution is 5.84. The molecule has 0 spiro atoms. The van der Waals surface area contributed by atoms with E-state index < -0.39 is 35.3 Å². The van der Waals surface area contributed by atoms with Gasteiger partial charge in [-0.15, -0.1) is 0 Å². The number of carbonyl (C=O) groups is 2. The number of ether oxygens (including phenoxy) is 3. The Morgan fingerprint density at radius 1 is 1.21 bits per heavy atom. The van der Waals surface area contributed by atoms with Crippen LogP contribution in [0.25, 0.3) is 0 Å². The Kier molecular flexibility index (Phi) is 7.00. The number of methoxy groups -OCH3 is 1. The molecular weight excluding hydrogens is 434 g/mol. The van der Waals surface area contributed by atoms with Gasteiger partial charge in [0.2, 0.25) is 0 Å². The van der Waals surface area contributed by atoms with E-state index in [0.29, 0.717) is 17.7 Å². The molecule has 2 aromatic carbocycles. The smallest absolute Gasteiger partial charge is 0.411 e. The van der Waals surface area contributed by atoms with Crippen molar-refractivity contribution in [3.63, 3.8) is 0 Å². The van der Waals surface area contributed by atoms with Crippen molar-refractivity contribution in [3.8, 4) is 5.75 Å². The Labute approximate surface area is 191 Å². The number of amides is 1. The van der Waals surface area contributed by atoms with Gasteiger partial charge in [-0.25, -0.2) is 18.4 Å². The SMILES string of the molecule is C=Nc1ccc(F)c(COc2ccc3c(c2)CCN(C(=O)OC(C)(C)C)[C@H]3C(=O)OC)c1F. The van der Waals surface area contributed by atoms with E-state index in [1.807, 2.05) is 0 Å². The molecule has 3 rings (SSSR count). The van der Waals surface area contributed by atoms with Crippen LogP contribution in [0.2, 0.25) is 0 Å².